The average molecular weight is 336 g/mol. The molecule has 2 rings (SSSR count). The van der Waals surface area contributed by atoms with Gasteiger partial charge in [0.1, 0.15) is 0 Å². The zero-order chi connectivity index (χ0) is 16.1. The number of carbonyl (C=O) groups is 1. The van der Waals surface area contributed by atoms with Gasteiger partial charge in [-0.15, -0.1) is 11.3 Å². The first-order chi connectivity index (χ1) is 10.5. The molecule has 1 N–H and O–H groups in total. The lowest BCUT2D eigenvalue weighted by Crippen LogP contribution is -2.23. The number of aromatic nitrogens is 1. The number of hydrogen-bond acceptors (Lipinski definition) is 6. The van der Waals surface area contributed by atoms with Gasteiger partial charge in [-0.25, -0.2) is 4.79 Å². The van der Waals surface area contributed by atoms with Crippen LogP contribution in [-0.4, -0.2) is 22.5 Å². The van der Waals surface area contributed by atoms with E-state index in [1.807, 2.05) is 0 Å². The van der Waals surface area contributed by atoms with Crippen molar-refractivity contribution >= 4 is 47.4 Å². The van der Waals surface area contributed by atoms with Crippen molar-refractivity contribution in [3.05, 3.63) is 53.8 Å². The molecular formula is C14H12N2O4S2. The number of benzene rings is 1. The van der Waals surface area contributed by atoms with Crippen LogP contribution in [0.1, 0.15) is 12.5 Å². The summed E-state index contributed by atoms with van der Waals surface area (Å²) >= 11 is 6.40. The maximum atomic E-state index is 11.5. The summed E-state index contributed by atoms with van der Waals surface area (Å²) in [6.07, 6.45) is 3.14. The van der Waals surface area contributed by atoms with Gasteiger partial charge < -0.3 is 9.72 Å². The number of carbonyl (C=O) groups excluding carboxylic acids is 1. The minimum atomic E-state index is -0.454. The number of nitro groups is 1. The van der Waals surface area contributed by atoms with E-state index in [2.05, 4.69) is 4.98 Å². The van der Waals surface area contributed by atoms with E-state index in [9.17, 15) is 14.9 Å². The van der Waals surface area contributed by atoms with Gasteiger partial charge in [0.05, 0.1) is 21.4 Å². The second-order valence-electron chi connectivity index (χ2n) is 4.18. The molecule has 0 aliphatic carbocycles. The second-order valence-corrected chi connectivity index (χ2v) is 5.90. The number of H-pyrrole nitrogens is 1. The lowest BCUT2D eigenvalue weighted by atomic mass is 10.2. The number of nitrogens with one attached hydrogen (secondary N) is 1. The molecule has 0 saturated carbocycles. The highest BCUT2D eigenvalue weighted by molar-refractivity contribution is 7.73. The molecule has 0 atom stereocenters. The Balaban J connectivity index is 2.46. The van der Waals surface area contributed by atoms with E-state index in [0.29, 0.717) is 15.9 Å². The molecule has 0 amide bonds. The molecule has 6 nitrogen and oxygen atoms in total. The summed E-state index contributed by atoms with van der Waals surface area (Å²) in [5.41, 5.74) is 0.798. The highest BCUT2D eigenvalue weighted by Crippen LogP contribution is 2.12. The second kappa shape index (κ2) is 7.10. The summed E-state index contributed by atoms with van der Waals surface area (Å²) in [4.78, 5) is 24.6. The summed E-state index contributed by atoms with van der Waals surface area (Å²) in [6, 6.07) is 6.11. The van der Waals surface area contributed by atoms with Crippen LogP contribution in [0.2, 0.25) is 0 Å². The first kappa shape index (κ1) is 16.1. The SMILES string of the molecule is CCOC(=O)/C=c1\[nH]c(=S)s\c1=C/c1ccc([N+](=O)[O-])cc1. The van der Waals surface area contributed by atoms with Crippen LogP contribution in [-0.2, 0) is 9.53 Å². The monoisotopic (exact) mass is 336 g/mol. The number of thiazole rings is 1. The first-order valence-electron chi connectivity index (χ1n) is 6.33. The minimum Gasteiger partial charge on any atom is -0.463 e. The molecule has 1 aromatic carbocycles. The number of nitrogens with zero attached hydrogens (tertiary/aromatic N) is 1. The predicted octanol–water partition coefficient (Wildman–Crippen LogP) is 1.89. The Kier molecular flexibility index (Phi) is 5.18. The highest BCUT2D eigenvalue weighted by Gasteiger charge is 2.03. The van der Waals surface area contributed by atoms with E-state index >= 15 is 0 Å². The number of non-ortho nitro benzene ring substituents is 1. The summed E-state index contributed by atoms with van der Waals surface area (Å²) in [5, 5.41) is 11.2. The molecule has 8 heteroatoms. The molecule has 0 bridgehead atoms. The lowest BCUT2D eigenvalue weighted by molar-refractivity contribution is -0.384. The van der Waals surface area contributed by atoms with Crippen molar-refractivity contribution < 1.29 is 14.5 Å². The van der Waals surface area contributed by atoms with Crippen LogP contribution in [0.15, 0.2) is 24.3 Å². The lowest BCUT2D eigenvalue weighted by Gasteiger charge is -1.94. The molecule has 1 heterocycles. The Morgan fingerprint density at radius 1 is 1.45 bits per heavy atom. The largest absolute Gasteiger partial charge is 0.463 e. The summed E-state index contributed by atoms with van der Waals surface area (Å²) in [6.45, 7) is 2.02. The molecule has 1 aromatic heterocycles. The van der Waals surface area contributed by atoms with Crippen molar-refractivity contribution in [1.82, 2.24) is 4.98 Å². The van der Waals surface area contributed by atoms with Crippen molar-refractivity contribution in [2.45, 2.75) is 6.92 Å². The molecule has 0 radical (unpaired) electrons. The summed E-state index contributed by atoms with van der Waals surface area (Å²) in [5.74, 6) is -0.454. The molecule has 2 aromatic rings. The van der Waals surface area contributed by atoms with Crippen molar-refractivity contribution in [2.75, 3.05) is 6.61 Å². The van der Waals surface area contributed by atoms with Crippen LogP contribution in [0.5, 0.6) is 0 Å². The maximum absolute atomic E-state index is 11.5. The Hall–Kier alpha value is -2.32. The number of rotatable bonds is 4. The van der Waals surface area contributed by atoms with Gasteiger partial charge in [0.15, 0.2) is 3.95 Å². The highest BCUT2D eigenvalue weighted by atomic mass is 32.1. The van der Waals surface area contributed by atoms with Gasteiger partial charge in [0, 0.05) is 18.2 Å². The molecule has 114 valence electrons. The van der Waals surface area contributed by atoms with Crippen LogP contribution in [0.3, 0.4) is 0 Å². The molecular weight excluding hydrogens is 324 g/mol. The fraction of sp³-hybridized carbons (Fsp3) is 0.143. The predicted molar refractivity (Wildman–Crippen MR) is 86.5 cm³/mol. The number of hydrogen-bond donors (Lipinski definition) is 1. The Morgan fingerprint density at radius 3 is 2.73 bits per heavy atom. The third-order valence-corrected chi connectivity index (χ3v) is 3.85. The Morgan fingerprint density at radius 2 is 2.14 bits per heavy atom. The normalized spacial score (nSPS) is 12.4. The van der Waals surface area contributed by atoms with Crippen LogP contribution in [0.25, 0.3) is 12.2 Å². The van der Waals surface area contributed by atoms with E-state index in [-0.39, 0.29) is 5.69 Å². The third kappa shape index (κ3) is 4.09. The fourth-order valence-corrected chi connectivity index (χ4v) is 2.87. The van der Waals surface area contributed by atoms with Crippen molar-refractivity contribution in [3.63, 3.8) is 0 Å². The topological polar surface area (TPSA) is 85.2 Å². The Bertz CT molecular complexity index is 865. The maximum Gasteiger partial charge on any atom is 0.332 e. The van der Waals surface area contributed by atoms with Crippen LogP contribution in [0, 0.1) is 14.1 Å². The molecule has 22 heavy (non-hydrogen) atoms. The van der Waals surface area contributed by atoms with Crippen molar-refractivity contribution in [1.29, 1.82) is 0 Å². The van der Waals surface area contributed by atoms with Gasteiger partial charge in [-0.3, -0.25) is 10.1 Å². The number of esters is 1. The summed E-state index contributed by atoms with van der Waals surface area (Å²) < 4.78 is 6.16. The Labute approximate surface area is 134 Å². The van der Waals surface area contributed by atoms with E-state index in [4.69, 9.17) is 17.0 Å². The molecule has 0 spiro atoms. The van der Waals surface area contributed by atoms with E-state index in [0.717, 1.165) is 10.1 Å². The quantitative estimate of drug-likeness (QED) is 0.399. The smallest absolute Gasteiger partial charge is 0.332 e. The van der Waals surface area contributed by atoms with Crippen molar-refractivity contribution in [3.8, 4) is 0 Å². The van der Waals surface area contributed by atoms with E-state index < -0.39 is 10.9 Å². The van der Waals surface area contributed by atoms with E-state index in [1.54, 1.807) is 25.1 Å². The average Bonchev–Trinajstić information content (AvgIpc) is 2.79. The zero-order valence-corrected chi connectivity index (χ0v) is 13.2. The van der Waals surface area contributed by atoms with Gasteiger partial charge >= 0.3 is 5.97 Å². The van der Waals surface area contributed by atoms with Gasteiger partial charge in [0.2, 0.25) is 0 Å². The number of ether oxygens (including phenoxy) is 1. The van der Waals surface area contributed by atoms with Gasteiger partial charge in [-0.2, -0.15) is 0 Å². The van der Waals surface area contributed by atoms with Gasteiger partial charge in [0.25, 0.3) is 5.69 Å². The van der Waals surface area contributed by atoms with E-state index in [1.165, 1.54) is 29.5 Å². The molecule has 0 aliphatic heterocycles. The molecule has 0 fully saturated rings. The molecule has 0 aliphatic rings. The first-order valence-corrected chi connectivity index (χ1v) is 7.56. The third-order valence-electron chi connectivity index (χ3n) is 2.66. The number of nitro benzene ring substituents is 1. The van der Waals surface area contributed by atoms with Crippen molar-refractivity contribution in [2.24, 2.45) is 0 Å². The van der Waals surface area contributed by atoms with Gasteiger partial charge in [-0.1, -0.05) is 0 Å². The van der Waals surface area contributed by atoms with Crippen LogP contribution < -0.4 is 9.88 Å². The minimum absolute atomic E-state index is 0.0251. The zero-order valence-electron chi connectivity index (χ0n) is 11.6. The molecule has 0 unspecified atom stereocenters. The standard InChI is InChI=1S/C14H12N2O4S2/c1-2-20-13(17)8-11-12(22-14(21)15-11)7-9-3-5-10(6-4-9)16(18)19/h3-8H,2H2,1H3,(H,15,21)/b11-8-,12-7-. The van der Waals surface area contributed by atoms with Crippen LogP contribution >= 0.6 is 23.6 Å². The molecule has 0 saturated heterocycles. The van der Waals surface area contributed by atoms with Gasteiger partial charge in [-0.05, 0) is 42.9 Å². The summed E-state index contributed by atoms with van der Waals surface area (Å²) in [7, 11) is 0. The number of aromatic amines is 1. The fourth-order valence-electron chi connectivity index (χ4n) is 1.71. The van der Waals surface area contributed by atoms with Crippen LogP contribution in [0.4, 0.5) is 5.69 Å².